The molecule has 1 nitrogen and oxygen atoms in total. The molecule has 82 valence electrons. The summed E-state index contributed by atoms with van der Waals surface area (Å²) in [5.41, 5.74) is 4.84. The van der Waals surface area contributed by atoms with Crippen molar-refractivity contribution in [3.05, 3.63) is 66.0 Å². The zero-order valence-electron chi connectivity index (χ0n) is 9.90. The fourth-order valence-electron chi connectivity index (χ4n) is 1.99. The summed E-state index contributed by atoms with van der Waals surface area (Å²) in [4.78, 5) is 0. The van der Waals surface area contributed by atoms with Gasteiger partial charge in [-0.1, -0.05) is 37.8 Å². The van der Waals surface area contributed by atoms with Gasteiger partial charge in [0.05, 0.1) is 0 Å². The first-order valence-electron chi connectivity index (χ1n) is 5.65. The maximum absolute atomic E-state index is 4.20. The first-order chi connectivity index (χ1) is 7.74. The van der Waals surface area contributed by atoms with Crippen molar-refractivity contribution in [3.8, 4) is 0 Å². The van der Waals surface area contributed by atoms with Gasteiger partial charge in [0.25, 0.3) is 0 Å². The minimum Gasteiger partial charge on any atom is -0.321 e. The van der Waals surface area contributed by atoms with Crippen LogP contribution in [0.25, 0.3) is 5.70 Å². The van der Waals surface area contributed by atoms with Gasteiger partial charge < -0.3 is 4.57 Å². The Kier molecular flexibility index (Phi) is 2.95. The van der Waals surface area contributed by atoms with Crippen molar-refractivity contribution in [1.29, 1.82) is 0 Å². The van der Waals surface area contributed by atoms with Crippen molar-refractivity contribution < 1.29 is 0 Å². The molecule has 0 aliphatic rings. The molecule has 1 aromatic heterocycles. The summed E-state index contributed by atoms with van der Waals surface area (Å²) in [6.45, 7) is 8.48. The molecule has 0 saturated heterocycles. The first kappa shape index (κ1) is 10.7. The van der Waals surface area contributed by atoms with E-state index in [0.29, 0.717) is 0 Å². The lowest BCUT2D eigenvalue weighted by molar-refractivity contribution is 0.956. The van der Waals surface area contributed by atoms with Crippen LogP contribution in [0.1, 0.15) is 23.7 Å². The Morgan fingerprint density at radius 2 is 1.94 bits per heavy atom. The van der Waals surface area contributed by atoms with E-state index in [0.717, 1.165) is 12.1 Å². The summed E-state index contributed by atoms with van der Waals surface area (Å²) in [5, 5.41) is 0. The van der Waals surface area contributed by atoms with Crippen LogP contribution in [0.5, 0.6) is 0 Å². The van der Waals surface area contributed by atoms with Gasteiger partial charge in [0.1, 0.15) is 0 Å². The highest BCUT2D eigenvalue weighted by molar-refractivity contribution is 5.67. The first-order valence-corrected chi connectivity index (χ1v) is 5.65. The highest BCUT2D eigenvalue weighted by atomic mass is 15.0. The molecule has 0 atom stereocenters. The van der Waals surface area contributed by atoms with Gasteiger partial charge in [-0.25, -0.2) is 0 Å². The zero-order valence-corrected chi connectivity index (χ0v) is 9.90. The second-order valence-electron chi connectivity index (χ2n) is 3.98. The van der Waals surface area contributed by atoms with E-state index in [4.69, 9.17) is 0 Å². The molecule has 0 radical (unpaired) electrons. The van der Waals surface area contributed by atoms with Crippen LogP contribution < -0.4 is 0 Å². The maximum Gasteiger partial charge on any atom is 0.0455 e. The summed E-state index contributed by atoms with van der Waals surface area (Å²) in [7, 11) is 0. The Morgan fingerprint density at radius 1 is 1.19 bits per heavy atom. The summed E-state index contributed by atoms with van der Waals surface area (Å²) in [6.07, 6.45) is 3.10. The van der Waals surface area contributed by atoms with Crippen LogP contribution in [0.3, 0.4) is 0 Å². The van der Waals surface area contributed by atoms with E-state index >= 15 is 0 Å². The Balaban J connectivity index is 2.44. The molecule has 0 aliphatic carbocycles. The highest BCUT2D eigenvalue weighted by Crippen LogP contribution is 2.21. The fraction of sp³-hybridized carbons (Fsp3) is 0.200. The molecular weight excluding hydrogens is 194 g/mol. The standard InChI is InChI=1S/C15H17N/c1-4-14-9-7-11-16(14)13(3)15-10-6-5-8-12(15)2/h5-11H,3-4H2,1-2H3. The number of hydrogen-bond acceptors (Lipinski definition) is 0. The van der Waals surface area contributed by atoms with E-state index in [1.54, 1.807) is 0 Å². The second kappa shape index (κ2) is 4.40. The van der Waals surface area contributed by atoms with E-state index in [2.05, 4.69) is 67.6 Å². The lowest BCUT2D eigenvalue weighted by Crippen LogP contribution is -2.01. The minimum atomic E-state index is 1.03. The smallest absolute Gasteiger partial charge is 0.0455 e. The summed E-state index contributed by atoms with van der Waals surface area (Å²) >= 11 is 0. The SMILES string of the molecule is C=C(c1ccccc1C)n1cccc1CC. The molecule has 0 amide bonds. The number of hydrogen-bond donors (Lipinski definition) is 0. The van der Waals surface area contributed by atoms with Crippen molar-refractivity contribution in [2.45, 2.75) is 20.3 Å². The van der Waals surface area contributed by atoms with Crippen LogP contribution in [-0.2, 0) is 6.42 Å². The second-order valence-corrected chi connectivity index (χ2v) is 3.98. The number of benzene rings is 1. The van der Waals surface area contributed by atoms with Gasteiger partial charge in [-0.3, -0.25) is 0 Å². The van der Waals surface area contributed by atoms with Gasteiger partial charge in [0.15, 0.2) is 0 Å². The van der Waals surface area contributed by atoms with Crippen molar-refractivity contribution in [2.24, 2.45) is 0 Å². The Bertz CT molecular complexity index is 506. The zero-order chi connectivity index (χ0) is 11.5. The predicted octanol–water partition coefficient (Wildman–Crippen LogP) is 3.88. The third kappa shape index (κ3) is 1.81. The van der Waals surface area contributed by atoms with Crippen molar-refractivity contribution >= 4 is 5.70 Å². The van der Waals surface area contributed by atoms with Gasteiger partial charge in [-0.15, -0.1) is 0 Å². The molecule has 0 fully saturated rings. The van der Waals surface area contributed by atoms with Crippen LogP contribution in [-0.4, -0.2) is 4.57 Å². The normalized spacial score (nSPS) is 10.4. The molecule has 2 aromatic rings. The molecule has 16 heavy (non-hydrogen) atoms. The average molecular weight is 211 g/mol. The topological polar surface area (TPSA) is 4.93 Å². The summed E-state index contributed by atoms with van der Waals surface area (Å²) < 4.78 is 2.17. The van der Waals surface area contributed by atoms with Gasteiger partial charge in [-0.2, -0.15) is 0 Å². The number of aromatic nitrogens is 1. The van der Waals surface area contributed by atoms with Crippen LogP contribution in [0, 0.1) is 6.92 Å². The lowest BCUT2D eigenvalue weighted by atomic mass is 10.1. The third-order valence-corrected chi connectivity index (χ3v) is 2.94. The van der Waals surface area contributed by atoms with Crippen LogP contribution in [0.2, 0.25) is 0 Å². The van der Waals surface area contributed by atoms with Gasteiger partial charge in [0, 0.05) is 23.2 Å². The number of rotatable bonds is 3. The molecule has 1 heterocycles. The summed E-state index contributed by atoms with van der Waals surface area (Å²) in [5.74, 6) is 0. The Morgan fingerprint density at radius 3 is 2.62 bits per heavy atom. The molecule has 0 bridgehead atoms. The van der Waals surface area contributed by atoms with E-state index in [-0.39, 0.29) is 0 Å². The van der Waals surface area contributed by atoms with Gasteiger partial charge in [0.2, 0.25) is 0 Å². The minimum absolute atomic E-state index is 1.03. The van der Waals surface area contributed by atoms with E-state index in [1.165, 1.54) is 16.8 Å². The van der Waals surface area contributed by atoms with Gasteiger partial charge >= 0.3 is 0 Å². The van der Waals surface area contributed by atoms with Crippen LogP contribution in [0.4, 0.5) is 0 Å². The van der Waals surface area contributed by atoms with E-state index in [1.807, 2.05) is 0 Å². The van der Waals surface area contributed by atoms with Crippen LogP contribution in [0.15, 0.2) is 49.2 Å². The summed E-state index contributed by atoms with van der Waals surface area (Å²) in [6, 6.07) is 12.6. The molecule has 1 heteroatoms. The molecule has 2 rings (SSSR count). The van der Waals surface area contributed by atoms with Crippen molar-refractivity contribution in [1.82, 2.24) is 4.57 Å². The average Bonchev–Trinajstić information content (AvgIpc) is 2.77. The molecular formula is C15H17N. The monoisotopic (exact) mass is 211 g/mol. The largest absolute Gasteiger partial charge is 0.321 e. The van der Waals surface area contributed by atoms with Crippen LogP contribution >= 0.6 is 0 Å². The highest BCUT2D eigenvalue weighted by Gasteiger charge is 2.06. The van der Waals surface area contributed by atoms with Crippen molar-refractivity contribution in [2.75, 3.05) is 0 Å². The Labute approximate surface area is 97.0 Å². The van der Waals surface area contributed by atoms with E-state index in [9.17, 15) is 0 Å². The lowest BCUT2D eigenvalue weighted by Gasteiger charge is -2.13. The Hall–Kier alpha value is -1.76. The molecule has 0 unspecified atom stereocenters. The molecule has 0 N–H and O–H groups in total. The van der Waals surface area contributed by atoms with Crippen molar-refractivity contribution in [3.63, 3.8) is 0 Å². The molecule has 0 saturated carbocycles. The van der Waals surface area contributed by atoms with E-state index < -0.39 is 0 Å². The molecule has 0 aliphatic heterocycles. The van der Waals surface area contributed by atoms with Gasteiger partial charge in [-0.05, 0) is 31.0 Å². The number of nitrogens with zero attached hydrogens (tertiary/aromatic N) is 1. The fourth-order valence-corrected chi connectivity index (χ4v) is 1.99. The maximum atomic E-state index is 4.20. The quantitative estimate of drug-likeness (QED) is 0.726. The predicted molar refractivity (Wildman–Crippen MR) is 69.4 cm³/mol. The molecule has 0 spiro atoms. The molecule has 1 aromatic carbocycles. The third-order valence-electron chi connectivity index (χ3n) is 2.94. The number of aryl methyl sites for hydroxylation is 2.